The lowest BCUT2D eigenvalue weighted by Gasteiger charge is -2.10. The van der Waals surface area contributed by atoms with Crippen LogP contribution in [0.15, 0.2) is 39.9 Å². The highest BCUT2D eigenvalue weighted by Crippen LogP contribution is 2.25. The molecular weight excluding hydrogens is 270 g/mol. The van der Waals surface area contributed by atoms with Crippen molar-refractivity contribution in [3.63, 3.8) is 0 Å². The molecule has 0 atom stereocenters. The van der Waals surface area contributed by atoms with Gasteiger partial charge in [0.1, 0.15) is 16.9 Å². The van der Waals surface area contributed by atoms with Gasteiger partial charge in [-0.1, -0.05) is 5.16 Å². The van der Waals surface area contributed by atoms with Crippen molar-refractivity contribution in [3.05, 3.63) is 36.2 Å². The van der Waals surface area contributed by atoms with Crippen LogP contribution < -0.4 is 15.2 Å². The highest BCUT2D eigenvalue weighted by atomic mass is 32.2. The molecule has 0 bridgehead atoms. The smallest absolute Gasteiger partial charge is 0.244 e. The van der Waals surface area contributed by atoms with Gasteiger partial charge in [-0.15, -0.1) is 0 Å². The first-order valence-corrected chi connectivity index (χ1v) is 6.83. The number of aromatic nitrogens is 1. The van der Waals surface area contributed by atoms with Gasteiger partial charge >= 0.3 is 0 Å². The summed E-state index contributed by atoms with van der Waals surface area (Å²) < 4.78 is 36.3. The van der Waals surface area contributed by atoms with Gasteiger partial charge in [-0.3, -0.25) is 0 Å². The largest absolute Gasteiger partial charge is 0.495 e. The number of nitrogens with one attached hydrogen (secondary N) is 1. The minimum Gasteiger partial charge on any atom is -0.495 e. The Hall–Kier alpha value is -2.06. The van der Waals surface area contributed by atoms with Gasteiger partial charge in [0.05, 0.1) is 19.3 Å². The van der Waals surface area contributed by atoms with Gasteiger partial charge in [-0.05, 0) is 18.2 Å². The number of hydrogen-bond acceptors (Lipinski definition) is 6. The van der Waals surface area contributed by atoms with E-state index in [9.17, 15) is 8.42 Å². The fraction of sp³-hybridized carbons (Fsp3) is 0.182. The molecule has 3 N–H and O–H groups in total. The van der Waals surface area contributed by atoms with E-state index in [4.69, 9.17) is 10.5 Å². The molecule has 1 aromatic carbocycles. The minimum atomic E-state index is -3.74. The van der Waals surface area contributed by atoms with Crippen molar-refractivity contribution in [1.29, 1.82) is 0 Å². The van der Waals surface area contributed by atoms with Crippen molar-refractivity contribution < 1.29 is 17.7 Å². The maximum absolute atomic E-state index is 12.2. The lowest BCUT2D eigenvalue weighted by molar-refractivity contribution is 0.402. The molecule has 2 aromatic rings. The third-order valence-electron chi connectivity index (χ3n) is 2.41. The van der Waals surface area contributed by atoms with E-state index in [0.717, 1.165) is 0 Å². The summed E-state index contributed by atoms with van der Waals surface area (Å²) >= 11 is 0. The summed E-state index contributed by atoms with van der Waals surface area (Å²) in [5.74, 6) is 0.224. The number of rotatable bonds is 5. The molecule has 1 aromatic heterocycles. The lowest BCUT2D eigenvalue weighted by atomic mass is 10.3. The number of methoxy groups -OCH3 is 1. The van der Waals surface area contributed by atoms with Crippen molar-refractivity contribution in [2.75, 3.05) is 12.8 Å². The molecule has 0 aliphatic heterocycles. The number of nitrogen functional groups attached to an aromatic ring is 1. The van der Waals surface area contributed by atoms with E-state index in [1.165, 1.54) is 25.5 Å². The number of hydrogen-bond donors (Lipinski definition) is 2. The molecule has 0 amide bonds. The van der Waals surface area contributed by atoms with Crippen molar-refractivity contribution in [2.45, 2.75) is 11.4 Å². The molecule has 102 valence electrons. The van der Waals surface area contributed by atoms with E-state index in [1.807, 2.05) is 0 Å². The van der Waals surface area contributed by atoms with Gasteiger partial charge in [0, 0.05) is 11.8 Å². The number of ether oxygens (including phenoxy) is 1. The van der Waals surface area contributed by atoms with E-state index in [1.54, 1.807) is 12.1 Å². The zero-order chi connectivity index (χ0) is 13.9. The second kappa shape index (κ2) is 5.29. The number of nitrogens with two attached hydrogens (primary N) is 1. The molecule has 19 heavy (non-hydrogen) atoms. The second-order valence-electron chi connectivity index (χ2n) is 3.73. The molecule has 7 nitrogen and oxygen atoms in total. The summed E-state index contributed by atoms with van der Waals surface area (Å²) in [6.07, 6.45) is 1.37. The quantitative estimate of drug-likeness (QED) is 0.784. The van der Waals surface area contributed by atoms with Gasteiger partial charge in [0.2, 0.25) is 10.0 Å². The number of anilines is 1. The maximum Gasteiger partial charge on any atom is 0.244 e. The van der Waals surface area contributed by atoms with Gasteiger partial charge in [0.15, 0.2) is 0 Å². The van der Waals surface area contributed by atoms with Crippen molar-refractivity contribution in [2.24, 2.45) is 0 Å². The number of sulfonamides is 1. The third kappa shape index (κ3) is 3.04. The number of benzene rings is 1. The first kappa shape index (κ1) is 13.4. The molecule has 0 fully saturated rings. The number of nitrogens with zero attached hydrogens (tertiary/aromatic N) is 1. The van der Waals surface area contributed by atoms with Crippen LogP contribution in [0.25, 0.3) is 0 Å². The maximum atomic E-state index is 12.2. The minimum absolute atomic E-state index is 0.0153. The fourth-order valence-corrected chi connectivity index (χ4v) is 2.68. The molecule has 0 aliphatic carbocycles. The van der Waals surface area contributed by atoms with Crippen LogP contribution in [-0.2, 0) is 16.6 Å². The van der Waals surface area contributed by atoms with E-state index < -0.39 is 10.0 Å². The van der Waals surface area contributed by atoms with Crippen molar-refractivity contribution in [1.82, 2.24) is 9.88 Å². The molecule has 0 saturated carbocycles. The lowest BCUT2D eigenvalue weighted by Crippen LogP contribution is -2.24. The van der Waals surface area contributed by atoms with Crippen LogP contribution in [0.1, 0.15) is 5.69 Å². The zero-order valence-electron chi connectivity index (χ0n) is 10.2. The molecule has 2 rings (SSSR count). The molecule has 0 unspecified atom stereocenters. The summed E-state index contributed by atoms with van der Waals surface area (Å²) in [5, 5.41) is 3.62. The topological polar surface area (TPSA) is 107 Å². The molecule has 0 spiro atoms. The Balaban J connectivity index is 2.26. The Morgan fingerprint density at radius 3 is 2.84 bits per heavy atom. The van der Waals surface area contributed by atoms with E-state index in [-0.39, 0.29) is 17.2 Å². The van der Waals surface area contributed by atoms with Gasteiger partial charge < -0.3 is 15.0 Å². The SMILES string of the molecule is COc1ccc(N)cc1S(=O)(=O)NCc1ccon1. The third-order valence-corrected chi connectivity index (χ3v) is 3.83. The van der Waals surface area contributed by atoms with Gasteiger partial charge in [0.25, 0.3) is 0 Å². The van der Waals surface area contributed by atoms with E-state index in [2.05, 4.69) is 14.4 Å². The molecule has 8 heteroatoms. The molecule has 1 heterocycles. The fourth-order valence-electron chi connectivity index (χ4n) is 1.48. The Morgan fingerprint density at radius 1 is 1.42 bits per heavy atom. The van der Waals surface area contributed by atoms with Crippen LogP contribution in [0.5, 0.6) is 5.75 Å². The van der Waals surface area contributed by atoms with Gasteiger partial charge in [-0.25, -0.2) is 13.1 Å². The van der Waals surface area contributed by atoms with Crippen LogP contribution in [0, 0.1) is 0 Å². The van der Waals surface area contributed by atoms with Crippen LogP contribution >= 0.6 is 0 Å². The monoisotopic (exact) mass is 283 g/mol. The van der Waals surface area contributed by atoms with E-state index >= 15 is 0 Å². The molecule has 0 aliphatic rings. The summed E-state index contributed by atoms with van der Waals surface area (Å²) in [5.41, 5.74) is 6.41. The predicted molar refractivity (Wildman–Crippen MR) is 67.9 cm³/mol. The Morgan fingerprint density at radius 2 is 2.21 bits per heavy atom. The first-order valence-electron chi connectivity index (χ1n) is 5.35. The Labute approximate surface area is 110 Å². The highest BCUT2D eigenvalue weighted by Gasteiger charge is 2.19. The second-order valence-corrected chi connectivity index (χ2v) is 5.46. The normalized spacial score (nSPS) is 11.4. The first-order chi connectivity index (χ1) is 9.03. The highest BCUT2D eigenvalue weighted by molar-refractivity contribution is 7.89. The molecular formula is C11H13N3O4S. The summed E-state index contributed by atoms with van der Waals surface area (Å²) in [6.45, 7) is 0.0246. The average molecular weight is 283 g/mol. The predicted octanol–water partition coefficient (Wildman–Crippen LogP) is 0.744. The standard InChI is InChI=1S/C11H13N3O4S/c1-17-10-3-2-8(12)6-11(10)19(15,16)13-7-9-4-5-18-14-9/h2-6,13H,7,12H2,1H3. The van der Waals surface area contributed by atoms with Crippen LogP contribution in [-0.4, -0.2) is 20.7 Å². The Bertz CT molecular complexity index is 653. The van der Waals surface area contributed by atoms with Crippen LogP contribution in [0.4, 0.5) is 5.69 Å². The molecule has 0 radical (unpaired) electrons. The average Bonchev–Trinajstić information content (AvgIpc) is 2.89. The summed E-state index contributed by atoms with van der Waals surface area (Å²) in [6, 6.07) is 5.97. The van der Waals surface area contributed by atoms with Gasteiger partial charge in [-0.2, -0.15) is 0 Å². The van der Waals surface area contributed by atoms with E-state index in [0.29, 0.717) is 11.4 Å². The van der Waals surface area contributed by atoms with Crippen molar-refractivity contribution >= 4 is 15.7 Å². The van der Waals surface area contributed by atoms with Crippen molar-refractivity contribution in [3.8, 4) is 5.75 Å². The zero-order valence-corrected chi connectivity index (χ0v) is 11.0. The molecule has 0 saturated heterocycles. The summed E-state index contributed by atoms with van der Waals surface area (Å²) in [4.78, 5) is -0.0153. The van der Waals surface area contributed by atoms with Crippen LogP contribution in [0.2, 0.25) is 0 Å². The summed E-state index contributed by atoms with van der Waals surface area (Å²) in [7, 11) is -2.35. The Kier molecular flexibility index (Phi) is 3.72. The van der Waals surface area contributed by atoms with Crippen LogP contribution in [0.3, 0.4) is 0 Å².